The van der Waals surface area contributed by atoms with Gasteiger partial charge in [0, 0.05) is 11.1 Å². The van der Waals surface area contributed by atoms with Crippen LogP contribution >= 0.6 is 11.3 Å². The van der Waals surface area contributed by atoms with E-state index in [1.54, 1.807) is 0 Å². The van der Waals surface area contributed by atoms with Gasteiger partial charge in [-0.3, -0.25) is 4.79 Å². The van der Waals surface area contributed by atoms with Gasteiger partial charge >= 0.3 is 0 Å². The Balaban J connectivity index is 1.75. The van der Waals surface area contributed by atoms with Crippen LogP contribution in [0.2, 0.25) is 0 Å². The van der Waals surface area contributed by atoms with E-state index in [9.17, 15) is 4.79 Å². The Morgan fingerprint density at radius 1 is 1.33 bits per heavy atom. The summed E-state index contributed by atoms with van der Waals surface area (Å²) in [6.07, 6.45) is 2.12. The van der Waals surface area contributed by atoms with Crippen molar-refractivity contribution in [2.24, 2.45) is 0 Å². The third-order valence-corrected chi connectivity index (χ3v) is 4.17. The molecule has 21 heavy (non-hydrogen) atoms. The summed E-state index contributed by atoms with van der Waals surface area (Å²) in [5.41, 5.74) is 1.19. The summed E-state index contributed by atoms with van der Waals surface area (Å²) in [4.78, 5) is 17.2. The molecule has 0 radical (unpaired) electrons. The average molecular weight is 304 g/mol. The van der Waals surface area contributed by atoms with Crippen LogP contribution in [0.4, 0.5) is 5.13 Å². The molecular weight excluding hydrogens is 284 g/mol. The first-order valence-electron chi connectivity index (χ1n) is 6.99. The number of carbonyl (C=O) groups excluding carboxylic acids is 1. The van der Waals surface area contributed by atoms with Gasteiger partial charge in [-0.25, -0.2) is 4.98 Å². The lowest BCUT2D eigenvalue weighted by molar-refractivity contribution is -0.116. The van der Waals surface area contributed by atoms with Crippen molar-refractivity contribution < 1.29 is 9.53 Å². The van der Waals surface area contributed by atoms with E-state index in [4.69, 9.17) is 4.74 Å². The second-order valence-corrected chi connectivity index (χ2v) is 6.24. The molecule has 1 N–H and O–H groups in total. The molecule has 0 saturated carbocycles. The third-order valence-electron chi connectivity index (χ3n) is 2.96. The van der Waals surface area contributed by atoms with Gasteiger partial charge in [-0.2, -0.15) is 0 Å². The topological polar surface area (TPSA) is 51.2 Å². The number of carbonyl (C=O) groups is 1. The predicted molar refractivity (Wildman–Crippen MR) is 86.1 cm³/mol. The fraction of sp³-hybridized carbons (Fsp3) is 0.375. The van der Waals surface area contributed by atoms with Crippen LogP contribution in [0.3, 0.4) is 0 Å². The molecule has 0 aliphatic carbocycles. The van der Waals surface area contributed by atoms with Crippen LogP contribution in [0, 0.1) is 6.92 Å². The molecule has 1 aromatic carbocycles. The van der Waals surface area contributed by atoms with Crippen molar-refractivity contribution in [2.75, 3.05) is 11.9 Å². The van der Waals surface area contributed by atoms with Crippen LogP contribution in [0.15, 0.2) is 30.5 Å². The molecule has 1 amide bonds. The molecule has 2 aromatic rings. The number of aromatic nitrogens is 1. The summed E-state index contributed by atoms with van der Waals surface area (Å²) in [6.45, 7) is 6.59. The summed E-state index contributed by atoms with van der Waals surface area (Å²) in [6, 6.07) is 7.78. The van der Waals surface area contributed by atoms with E-state index in [0.29, 0.717) is 24.1 Å². The lowest BCUT2D eigenvalue weighted by atomic mass is 10.2. The molecule has 2 rings (SSSR count). The number of nitrogens with zero attached hydrogens (tertiary/aromatic N) is 1. The highest BCUT2D eigenvalue weighted by atomic mass is 32.1. The first kappa shape index (κ1) is 15.5. The van der Waals surface area contributed by atoms with Gasteiger partial charge in [0.2, 0.25) is 5.91 Å². The second kappa shape index (κ2) is 7.22. The Labute approximate surface area is 129 Å². The molecule has 0 fully saturated rings. The van der Waals surface area contributed by atoms with Crippen LogP contribution in [0.1, 0.15) is 36.6 Å². The number of amides is 1. The minimum Gasteiger partial charge on any atom is -0.493 e. The lowest BCUT2D eigenvalue weighted by Crippen LogP contribution is -2.14. The van der Waals surface area contributed by atoms with E-state index < -0.39 is 0 Å². The maximum absolute atomic E-state index is 11.8. The van der Waals surface area contributed by atoms with Crippen molar-refractivity contribution in [2.45, 2.75) is 33.1 Å². The molecule has 0 aliphatic rings. The minimum absolute atomic E-state index is 0.0771. The number of hydrogen-bond acceptors (Lipinski definition) is 4. The highest BCUT2D eigenvalue weighted by molar-refractivity contribution is 7.15. The zero-order valence-electron chi connectivity index (χ0n) is 12.6. The smallest absolute Gasteiger partial charge is 0.229 e. The fourth-order valence-electron chi connectivity index (χ4n) is 1.69. The van der Waals surface area contributed by atoms with E-state index in [0.717, 1.165) is 5.75 Å². The number of thiazole rings is 1. The van der Waals surface area contributed by atoms with Crippen LogP contribution in [0.25, 0.3) is 0 Å². The molecule has 1 heterocycles. The van der Waals surface area contributed by atoms with Gasteiger partial charge in [0.25, 0.3) is 0 Å². The minimum atomic E-state index is -0.0771. The fourth-order valence-corrected chi connectivity index (χ4v) is 2.52. The summed E-state index contributed by atoms with van der Waals surface area (Å²) < 4.78 is 5.53. The normalized spacial score (nSPS) is 10.7. The van der Waals surface area contributed by atoms with Crippen LogP contribution in [0.5, 0.6) is 5.75 Å². The van der Waals surface area contributed by atoms with Crippen LogP contribution in [-0.2, 0) is 4.79 Å². The van der Waals surface area contributed by atoms with Gasteiger partial charge in [-0.05, 0) is 25.0 Å². The molecule has 112 valence electrons. The largest absolute Gasteiger partial charge is 0.493 e. The molecular formula is C16H20N2O2S. The molecule has 4 nitrogen and oxygen atoms in total. The van der Waals surface area contributed by atoms with E-state index in [-0.39, 0.29) is 5.91 Å². The third kappa shape index (κ3) is 4.86. The number of ether oxygens (including phenoxy) is 1. The number of rotatable bonds is 6. The van der Waals surface area contributed by atoms with Gasteiger partial charge < -0.3 is 10.1 Å². The number of hydrogen-bond donors (Lipinski definition) is 1. The zero-order chi connectivity index (χ0) is 15.2. The van der Waals surface area contributed by atoms with E-state index in [1.807, 2.05) is 37.4 Å². The average Bonchev–Trinajstić information content (AvgIpc) is 2.90. The molecule has 1 aromatic heterocycles. The summed E-state index contributed by atoms with van der Waals surface area (Å²) in [5.74, 6) is 1.13. The Hall–Kier alpha value is -1.88. The van der Waals surface area contributed by atoms with Crippen LogP contribution < -0.4 is 10.1 Å². The summed E-state index contributed by atoms with van der Waals surface area (Å²) in [7, 11) is 0. The first-order valence-corrected chi connectivity index (χ1v) is 7.81. The molecule has 0 aliphatic heterocycles. The van der Waals surface area contributed by atoms with Crippen molar-refractivity contribution >= 4 is 22.4 Å². The molecule has 5 heteroatoms. The standard InChI is InChI=1S/C16H20N2O2S/c1-11(2)14-10-17-16(21-14)18-15(19)8-9-20-13-6-4-12(3)5-7-13/h4-7,10-11H,8-9H2,1-3H3,(H,17,18,19). The lowest BCUT2D eigenvalue weighted by Gasteiger charge is -2.06. The van der Waals surface area contributed by atoms with Gasteiger partial charge in [-0.1, -0.05) is 31.5 Å². The maximum atomic E-state index is 11.8. The summed E-state index contributed by atoms with van der Waals surface area (Å²) >= 11 is 1.52. The first-order chi connectivity index (χ1) is 10.0. The second-order valence-electron chi connectivity index (χ2n) is 5.18. The monoisotopic (exact) mass is 304 g/mol. The zero-order valence-corrected chi connectivity index (χ0v) is 13.4. The van der Waals surface area contributed by atoms with Gasteiger partial charge in [0.15, 0.2) is 5.13 Å². The van der Waals surface area contributed by atoms with Gasteiger partial charge in [0.05, 0.1) is 13.0 Å². The SMILES string of the molecule is Cc1ccc(OCCC(=O)Nc2ncc(C(C)C)s2)cc1. The van der Waals surface area contributed by atoms with Crippen LogP contribution in [-0.4, -0.2) is 17.5 Å². The molecule has 0 saturated heterocycles. The Morgan fingerprint density at radius 3 is 2.67 bits per heavy atom. The number of nitrogens with one attached hydrogen (secondary N) is 1. The van der Waals surface area contributed by atoms with Crippen molar-refractivity contribution in [3.8, 4) is 5.75 Å². The van der Waals surface area contributed by atoms with Crippen molar-refractivity contribution in [3.05, 3.63) is 40.9 Å². The van der Waals surface area contributed by atoms with Gasteiger partial charge in [0.1, 0.15) is 5.75 Å². The highest BCUT2D eigenvalue weighted by Gasteiger charge is 2.08. The van der Waals surface area contributed by atoms with Crippen molar-refractivity contribution in [3.63, 3.8) is 0 Å². The van der Waals surface area contributed by atoms with E-state index in [1.165, 1.54) is 21.8 Å². The molecule has 0 atom stereocenters. The van der Waals surface area contributed by atoms with Gasteiger partial charge in [-0.15, -0.1) is 11.3 Å². The Morgan fingerprint density at radius 2 is 2.05 bits per heavy atom. The molecule has 0 bridgehead atoms. The van der Waals surface area contributed by atoms with E-state index in [2.05, 4.69) is 24.1 Å². The molecule has 0 unspecified atom stereocenters. The summed E-state index contributed by atoms with van der Waals surface area (Å²) in [5, 5.41) is 3.45. The maximum Gasteiger partial charge on any atom is 0.229 e. The highest BCUT2D eigenvalue weighted by Crippen LogP contribution is 2.25. The van der Waals surface area contributed by atoms with Crippen molar-refractivity contribution in [1.29, 1.82) is 0 Å². The quantitative estimate of drug-likeness (QED) is 0.878. The predicted octanol–water partition coefficient (Wildman–Crippen LogP) is 3.98. The Bertz CT molecular complexity index is 591. The Kier molecular flexibility index (Phi) is 5.33. The number of benzene rings is 1. The number of anilines is 1. The van der Waals surface area contributed by atoms with E-state index >= 15 is 0 Å². The van der Waals surface area contributed by atoms with Crippen molar-refractivity contribution in [1.82, 2.24) is 4.98 Å². The molecule has 0 spiro atoms. The number of aryl methyl sites for hydroxylation is 1.